The average Bonchev–Trinajstić information content (AvgIpc) is 3.08. The van der Waals surface area contributed by atoms with Crippen LogP contribution in [0.3, 0.4) is 0 Å². The maximum absolute atomic E-state index is 5.30. The molecule has 0 radical (unpaired) electrons. The highest BCUT2D eigenvalue weighted by atomic mass is 16.5. The van der Waals surface area contributed by atoms with Crippen molar-refractivity contribution >= 4 is 0 Å². The van der Waals surface area contributed by atoms with Gasteiger partial charge in [-0.3, -0.25) is 0 Å². The first kappa shape index (κ1) is 11.7. The predicted molar refractivity (Wildman–Crippen MR) is 72.6 cm³/mol. The fourth-order valence-electron chi connectivity index (χ4n) is 2.03. The zero-order chi connectivity index (χ0) is 13.1. The van der Waals surface area contributed by atoms with Crippen LogP contribution in [0.25, 0.3) is 11.6 Å². The molecule has 19 heavy (non-hydrogen) atoms. The van der Waals surface area contributed by atoms with Crippen LogP contribution in [0.4, 0.5) is 0 Å². The van der Waals surface area contributed by atoms with Gasteiger partial charge < -0.3 is 9.09 Å². The molecular formula is C15H15N3O. The SMILES string of the molecule is CCc1noc(-c2cccn2Cc2ccccc2)n1. The van der Waals surface area contributed by atoms with Crippen LogP contribution in [0.2, 0.25) is 0 Å². The van der Waals surface area contributed by atoms with Crippen LogP contribution in [0.5, 0.6) is 0 Å². The Labute approximate surface area is 111 Å². The lowest BCUT2D eigenvalue weighted by Gasteiger charge is -2.06. The van der Waals surface area contributed by atoms with E-state index in [0.717, 1.165) is 24.5 Å². The number of hydrogen-bond donors (Lipinski definition) is 0. The van der Waals surface area contributed by atoms with Gasteiger partial charge in [0.25, 0.3) is 5.89 Å². The third-order valence-electron chi connectivity index (χ3n) is 3.03. The molecule has 0 unspecified atom stereocenters. The zero-order valence-corrected chi connectivity index (χ0v) is 10.8. The van der Waals surface area contributed by atoms with Crippen LogP contribution in [0.15, 0.2) is 53.2 Å². The van der Waals surface area contributed by atoms with Gasteiger partial charge in [0.2, 0.25) is 0 Å². The van der Waals surface area contributed by atoms with Crippen molar-refractivity contribution < 1.29 is 4.52 Å². The molecular weight excluding hydrogens is 238 g/mol. The number of benzene rings is 1. The van der Waals surface area contributed by atoms with Gasteiger partial charge in [-0.15, -0.1) is 0 Å². The third-order valence-corrected chi connectivity index (χ3v) is 3.03. The molecule has 0 atom stereocenters. The van der Waals surface area contributed by atoms with Crippen molar-refractivity contribution in [1.82, 2.24) is 14.7 Å². The molecule has 0 N–H and O–H groups in total. The van der Waals surface area contributed by atoms with Gasteiger partial charge in [0, 0.05) is 19.2 Å². The summed E-state index contributed by atoms with van der Waals surface area (Å²) in [5.74, 6) is 1.32. The molecule has 0 fully saturated rings. The van der Waals surface area contributed by atoms with Gasteiger partial charge in [-0.05, 0) is 17.7 Å². The first-order valence-corrected chi connectivity index (χ1v) is 6.39. The molecule has 4 nitrogen and oxygen atoms in total. The van der Waals surface area contributed by atoms with Crippen LogP contribution in [0.1, 0.15) is 18.3 Å². The van der Waals surface area contributed by atoms with Gasteiger partial charge >= 0.3 is 0 Å². The molecule has 0 saturated heterocycles. The van der Waals surface area contributed by atoms with Gasteiger partial charge in [-0.1, -0.05) is 42.4 Å². The summed E-state index contributed by atoms with van der Waals surface area (Å²) in [6.07, 6.45) is 2.81. The fraction of sp³-hybridized carbons (Fsp3) is 0.200. The Hall–Kier alpha value is -2.36. The number of rotatable bonds is 4. The maximum Gasteiger partial charge on any atom is 0.274 e. The average molecular weight is 253 g/mol. The Bertz CT molecular complexity index is 655. The quantitative estimate of drug-likeness (QED) is 0.717. The maximum atomic E-state index is 5.30. The summed E-state index contributed by atoms with van der Waals surface area (Å²) in [4.78, 5) is 4.37. The van der Waals surface area contributed by atoms with Crippen molar-refractivity contribution in [3.63, 3.8) is 0 Å². The minimum Gasteiger partial charge on any atom is -0.339 e. The Kier molecular flexibility index (Phi) is 3.14. The smallest absolute Gasteiger partial charge is 0.274 e. The van der Waals surface area contributed by atoms with Gasteiger partial charge in [-0.25, -0.2) is 0 Å². The Morgan fingerprint density at radius 2 is 1.95 bits per heavy atom. The highest BCUT2D eigenvalue weighted by molar-refractivity contribution is 5.48. The van der Waals surface area contributed by atoms with E-state index in [1.165, 1.54) is 5.56 Å². The second-order valence-corrected chi connectivity index (χ2v) is 4.38. The molecule has 0 spiro atoms. The first-order chi connectivity index (χ1) is 9.36. The molecule has 3 aromatic rings. The summed E-state index contributed by atoms with van der Waals surface area (Å²) in [6.45, 7) is 2.81. The van der Waals surface area contributed by atoms with Crippen LogP contribution < -0.4 is 0 Å². The minimum absolute atomic E-state index is 0.581. The summed E-state index contributed by atoms with van der Waals surface area (Å²) in [5, 5.41) is 3.94. The summed E-state index contributed by atoms with van der Waals surface area (Å²) in [5.41, 5.74) is 2.20. The molecule has 96 valence electrons. The highest BCUT2D eigenvalue weighted by Gasteiger charge is 2.11. The van der Waals surface area contributed by atoms with Gasteiger partial charge in [0.05, 0.1) is 0 Å². The molecule has 1 aromatic carbocycles. The molecule has 0 aliphatic heterocycles. The number of aryl methyl sites for hydroxylation is 1. The number of nitrogens with zero attached hydrogens (tertiary/aromatic N) is 3. The molecule has 4 heteroatoms. The standard InChI is InChI=1S/C15H15N3O/c1-2-14-16-15(19-17-14)13-9-6-10-18(13)11-12-7-4-3-5-8-12/h3-10H,2,11H2,1H3. The van der Waals surface area contributed by atoms with Crippen molar-refractivity contribution in [2.24, 2.45) is 0 Å². The molecule has 0 bridgehead atoms. The van der Waals surface area contributed by atoms with E-state index in [-0.39, 0.29) is 0 Å². The second-order valence-electron chi connectivity index (χ2n) is 4.38. The van der Waals surface area contributed by atoms with E-state index >= 15 is 0 Å². The molecule has 0 saturated carbocycles. The topological polar surface area (TPSA) is 43.9 Å². The van der Waals surface area contributed by atoms with E-state index in [1.54, 1.807) is 0 Å². The van der Waals surface area contributed by atoms with Crippen molar-refractivity contribution in [3.05, 3.63) is 60.0 Å². The monoisotopic (exact) mass is 253 g/mol. The molecule has 0 aliphatic carbocycles. The van der Waals surface area contributed by atoms with E-state index in [4.69, 9.17) is 4.52 Å². The summed E-state index contributed by atoms with van der Waals surface area (Å²) in [7, 11) is 0. The molecule has 2 heterocycles. The fourth-order valence-corrected chi connectivity index (χ4v) is 2.03. The second kappa shape index (κ2) is 5.10. The summed E-state index contributed by atoms with van der Waals surface area (Å²) >= 11 is 0. The summed E-state index contributed by atoms with van der Waals surface area (Å²) < 4.78 is 7.41. The molecule has 2 aromatic heterocycles. The van der Waals surface area contributed by atoms with Gasteiger partial charge in [0.15, 0.2) is 5.82 Å². The zero-order valence-electron chi connectivity index (χ0n) is 10.8. The Morgan fingerprint density at radius 3 is 2.68 bits per heavy atom. The van der Waals surface area contributed by atoms with Crippen molar-refractivity contribution in [2.45, 2.75) is 19.9 Å². The van der Waals surface area contributed by atoms with E-state index in [0.29, 0.717) is 5.89 Å². The van der Waals surface area contributed by atoms with Crippen LogP contribution in [0, 0.1) is 0 Å². The van der Waals surface area contributed by atoms with Gasteiger partial charge in [0.1, 0.15) is 5.69 Å². The highest BCUT2D eigenvalue weighted by Crippen LogP contribution is 2.19. The third kappa shape index (κ3) is 2.42. The van der Waals surface area contributed by atoms with Crippen LogP contribution in [-0.4, -0.2) is 14.7 Å². The van der Waals surface area contributed by atoms with Crippen molar-refractivity contribution in [3.8, 4) is 11.6 Å². The van der Waals surface area contributed by atoms with E-state index in [9.17, 15) is 0 Å². The van der Waals surface area contributed by atoms with Gasteiger partial charge in [-0.2, -0.15) is 4.98 Å². The van der Waals surface area contributed by atoms with Crippen molar-refractivity contribution in [1.29, 1.82) is 0 Å². The Morgan fingerprint density at radius 1 is 1.11 bits per heavy atom. The van der Waals surface area contributed by atoms with Crippen molar-refractivity contribution in [2.75, 3.05) is 0 Å². The first-order valence-electron chi connectivity index (χ1n) is 6.39. The molecule has 0 aliphatic rings. The van der Waals surface area contributed by atoms with Crippen LogP contribution >= 0.6 is 0 Å². The lowest BCUT2D eigenvalue weighted by Crippen LogP contribution is -2.00. The largest absolute Gasteiger partial charge is 0.339 e. The lowest BCUT2D eigenvalue weighted by atomic mass is 10.2. The van der Waals surface area contributed by atoms with E-state index < -0.39 is 0 Å². The molecule has 0 amide bonds. The number of hydrogen-bond acceptors (Lipinski definition) is 3. The van der Waals surface area contributed by atoms with E-state index in [2.05, 4.69) is 26.8 Å². The molecule has 3 rings (SSSR count). The lowest BCUT2D eigenvalue weighted by molar-refractivity contribution is 0.420. The van der Waals surface area contributed by atoms with Crippen LogP contribution in [-0.2, 0) is 13.0 Å². The Balaban J connectivity index is 1.90. The summed E-state index contributed by atoms with van der Waals surface area (Å²) in [6, 6.07) is 14.3. The number of aromatic nitrogens is 3. The normalized spacial score (nSPS) is 10.8. The van der Waals surface area contributed by atoms with E-state index in [1.807, 2.05) is 43.5 Å². The predicted octanol–water partition coefficient (Wildman–Crippen LogP) is 3.15. The minimum atomic E-state index is 0.581.